The highest BCUT2D eigenvalue weighted by Crippen LogP contribution is 2.43. The van der Waals surface area contributed by atoms with Crippen LogP contribution in [0.3, 0.4) is 0 Å². The number of hydrogen-bond donors (Lipinski definition) is 3. The van der Waals surface area contributed by atoms with Crippen molar-refractivity contribution in [1.29, 1.82) is 0 Å². The van der Waals surface area contributed by atoms with Crippen LogP contribution >= 0.6 is 7.82 Å². The SMILES string of the molecule is CCCCCCCCCC/C=C\CCCCCCCCCCCCCCCC(=O)NC(COP(=O)(O)OCC[N+](C)(C)C)C(O)CCCCCCCCCCCCCCCC. The van der Waals surface area contributed by atoms with Crippen molar-refractivity contribution in [2.24, 2.45) is 0 Å². The number of quaternary nitrogens is 1. The molecule has 0 aliphatic heterocycles. The predicted molar refractivity (Wildman–Crippen MR) is 263 cm³/mol. The van der Waals surface area contributed by atoms with Crippen molar-refractivity contribution in [2.75, 3.05) is 40.9 Å². The molecule has 0 radical (unpaired) electrons. The van der Waals surface area contributed by atoms with Crippen molar-refractivity contribution in [3.8, 4) is 0 Å². The van der Waals surface area contributed by atoms with Gasteiger partial charge in [0.1, 0.15) is 13.2 Å². The summed E-state index contributed by atoms with van der Waals surface area (Å²) in [6, 6.07) is -0.756. The van der Waals surface area contributed by atoms with Gasteiger partial charge in [-0.1, -0.05) is 231 Å². The number of likely N-dealkylation sites (N-methyl/N-ethyl adjacent to an activating group) is 1. The number of rotatable bonds is 49. The van der Waals surface area contributed by atoms with E-state index in [4.69, 9.17) is 9.05 Å². The number of hydrogen-bond acceptors (Lipinski definition) is 5. The first kappa shape index (κ1) is 60.2. The lowest BCUT2D eigenvalue weighted by atomic mass is 10.0. The van der Waals surface area contributed by atoms with Gasteiger partial charge in [0, 0.05) is 6.42 Å². The number of phosphoric ester groups is 1. The quantitative estimate of drug-likeness (QED) is 0.0243. The molecule has 0 aromatic carbocycles. The molecule has 1 amide bonds. The first-order chi connectivity index (χ1) is 29.5. The van der Waals surface area contributed by atoms with Crippen LogP contribution in [0.4, 0.5) is 0 Å². The minimum Gasteiger partial charge on any atom is -0.391 e. The lowest BCUT2D eigenvalue weighted by Crippen LogP contribution is -2.46. The summed E-state index contributed by atoms with van der Waals surface area (Å²) in [6.45, 7) is 4.92. The maximum atomic E-state index is 13.0. The molecule has 9 heteroatoms. The van der Waals surface area contributed by atoms with Crippen LogP contribution in [0.1, 0.15) is 264 Å². The van der Waals surface area contributed by atoms with Crippen LogP contribution < -0.4 is 5.32 Å². The second-order valence-electron chi connectivity index (χ2n) is 19.6. The number of amides is 1. The van der Waals surface area contributed by atoms with Gasteiger partial charge in [0.25, 0.3) is 0 Å². The summed E-state index contributed by atoms with van der Waals surface area (Å²) in [4.78, 5) is 23.2. The van der Waals surface area contributed by atoms with E-state index >= 15 is 0 Å². The largest absolute Gasteiger partial charge is 0.472 e. The van der Waals surface area contributed by atoms with Crippen LogP contribution in [0.2, 0.25) is 0 Å². The van der Waals surface area contributed by atoms with E-state index in [1.165, 1.54) is 199 Å². The van der Waals surface area contributed by atoms with Crippen LogP contribution in [0, 0.1) is 0 Å². The highest BCUT2D eigenvalue weighted by Gasteiger charge is 2.28. The molecule has 0 saturated heterocycles. The van der Waals surface area contributed by atoms with Crippen molar-refractivity contribution in [3.63, 3.8) is 0 Å². The Morgan fingerprint density at radius 1 is 0.541 bits per heavy atom. The van der Waals surface area contributed by atoms with Crippen LogP contribution in [-0.4, -0.2) is 73.4 Å². The van der Waals surface area contributed by atoms with Gasteiger partial charge < -0.3 is 19.8 Å². The summed E-state index contributed by atoms with van der Waals surface area (Å²) in [5, 5.41) is 14.0. The Balaban J connectivity index is 4.13. The van der Waals surface area contributed by atoms with Crippen molar-refractivity contribution in [3.05, 3.63) is 12.2 Å². The molecule has 3 N–H and O–H groups in total. The molecule has 3 atom stereocenters. The Kier molecular flexibility index (Phi) is 43.9. The fraction of sp³-hybridized carbons (Fsp3) is 0.942. The first-order valence-electron chi connectivity index (χ1n) is 26.6. The third-order valence-electron chi connectivity index (χ3n) is 12.3. The lowest BCUT2D eigenvalue weighted by Gasteiger charge is -2.26. The van der Waals surface area contributed by atoms with E-state index in [0.29, 0.717) is 23.9 Å². The average molecular weight is 886 g/mol. The Labute approximate surface area is 380 Å². The highest BCUT2D eigenvalue weighted by atomic mass is 31.2. The number of unbranched alkanes of at least 4 members (excludes halogenated alkanes) is 34. The molecule has 0 aliphatic carbocycles. The van der Waals surface area contributed by atoms with Crippen molar-refractivity contribution in [2.45, 2.75) is 276 Å². The van der Waals surface area contributed by atoms with E-state index in [1.807, 2.05) is 21.1 Å². The van der Waals surface area contributed by atoms with Gasteiger partial charge in [-0.25, -0.2) is 4.57 Å². The number of carbonyl (C=O) groups excluding carboxylic acids is 1. The molecule has 0 rings (SSSR count). The molecule has 0 heterocycles. The molecular weight excluding hydrogens is 780 g/mol. The fourth-order valence-electron chi connectivity index (χ4n) is 8.04. The van der Waals surface area contributed by atoms with Gasteiger partial charge in [0.2, 0.25) is 5.91 Å². The molecule has 0 fully saturated rings. The number of nitrogens with zero attached hydrogens (tertiary/aromatic N) is 1. The second-order valence-corrected chi connectivity index (χ2v) is 21.1. The minimum atomic E-state index is -4.31. The van der Waals surface area contributed by atoms with Gasteiger partial charge in [-0.3, -0.25) is 13.8 Å². The molecule has 0 saturated carbocycles. The molecule has 0 aromatic rings. The maximum absolute atomic E-state index is 13.0. The van der Waals surface area contributed by atoms with Gasteiger partial charge in [0.05, 0.1) is 39.9 Å². The zero-order valence-corrected chi connectivity index (χ0v) is 42.3. The van der Waals surface area contributed by atoms with E-state index in [-0.39, 0.29) is 19.1 Å². The second kappa shape index (κ2) is 44.4. The van der Waals surface area contributed by atoms with Gasteiger partial charge in [-0.05, 0) is 38.5 Å². The third kappa shape index (κ3) is 47.0. The van der Waals surface area contributed by atoms with Gasteiger partial charge in [0.15, 0.2) is 0 Å². The number of phosphoric acid groups is 1. The summed E-state index contributed by atoms with van der Waals surface area (Å²) < 4.78 is 23.7. The molecule has 61 heavy (non-hydrogen) atoms. The van der Waals surface area contributed by atoms with Gasteiger partial charge in [-0.2, -0.15) is 0 Å². The smallest absolute Gasteiger partial charge is 0.391 e. The molecule has 0 aromatic heterocycles. The predicted octanol–water partition coefficient (Wildman–Crippen LogP) is 15.5. The summed E-state index contributed by atoms with van der Waals surface area (Å²) in [5.41, 5.74) is 0. The van der Waals surface area contributed by atoms with Gasteiger partial charge >= 0.3 is 7.82 Å². The van der Waals surface area contributed by atoms with Crippen molar-refractivity contribution < 1.29 is 32.9 Å². The molecule has 0 bridgehead atoms. The van der Waals surface area contributed by atoms with Crippen LogP contribution in [0.5, 0.6) is 0 Å². The molecular formula is C52H106N2O6P+. The number of aliphatic hydroxyl groups excluding tert-OH is 1. The summed E-state index contributed by atoms with van der Waals surface area (Å²) in [6.07, 6.45) is 52.5. The van der Waals surface area contributed by atoms with Gasteiger partial charge in [-0.15, -0.1) is 0 Å². The molecule has 0 spiro atoms. The van der Waals surface area contributed by atoms with Crippen LogP contribution in [0.25, 0.3) is 0 Å². The monoisotopic (exact) mass is 886 g/mol. The normalized spacial score (nSPS) is 14.1. The number of nitrogens with one attached hydrogen (secondary N) is 1. The topological polar surface area (TPSA) is 105 Å². The number of aliphatic hydroxyl groups is 1. The molecule has 8 nitrogen and oxygen atoms in total. The fourth-order valence-corrected chi connectivity index (χ4v) is 8.78. The zero-order valence-electron chi connectivity index (χ0n) is 41.4. The molecule has 0 aliphatic rings. The summed E-state index contributed by atoms with van der Waals surface area (Å²) in [7, 11) is 1.63. The first-order valence-corrected chi connectivity index (χ1v) is 28.0. The van der Waals surface area contributed by atoms with E-state index in [9.17, 15) is 19.4 Å². The Morgan fingerprint density at radius 2 is 0.885 bits per heavy atom. The highest BCUT2D eigenvalue weighted by molar-refractivity contribution is 7.47. The Hall–Kier alpha value is -0.760. The van der Waals surface area contributed by atoms with Crippen LogP contribution in [-0.2, 0) is 18.4 Å². The maximum Gasteiger partial charge on any atom is 0.472 e. The standard InChI is InChI=1S/C52H105N2O6P/c1-6-8-10-12-14-16-18-20-22-23-24-25-26-27-28-29-30-31-32-34-36-38-40-42-44-46-52(56)53-50(49-60-61(57,58)59-48-47-54(3,4)5)51(55)45-43-41-39-37-35-33-21-19-17-15-13-11-9-7-2/h23-24,50-51,55H,6-22,25-49H2,1-5H3,(H-,53,56,57,58)/p+1/b24-23-. The van der Waals surface area contributed by atoms with Crippen molar-refractivity contribution >= 4 is 13.7 Å². The number of carbonyl (C=O) groups is 1. The van der Waals surface area contributed by atoms with Crippen molar-refractivity contribution in [1.82, 2.24) is 5.32 Å². The molecule has 364 valence electrons. The van der Waals surface area contributed by atoms with Crippen LogP contribution in [0.15, 0.2) is 12.2 Å². The summed E-state index contributed by atoms with van der Waals surface area (Å²) in [5.74, 6) is -0.141. The Bertz CT molecular complexity index is 1000. The van der Waals surface area contributed by atoms with E-state index in [2.05, 4.69) is 31.3 Å². The Morgan fingerprint density at radius 3 is 1.26 bits per heavy atom. The van der Waals surface area contributed by atoms with E-state index in [1.54, 1.807) is 0 Å². The zero-order chi connectivity index (χ0) is 45.0. The number of allylic oxidation sites excluding steroid dienone is 2. The van der Waals surface area contributed by atoms with E-state index < -0.39 is 20.0 Å². The van der Waals surface area contributed by atoms with E-state index in [0.717, 1.165) is 38.5 Å². The third-order valence-corrected chi connectivity index (χ3v) is 13.2. The molecule has 3 unspecified atom stereocenters. The average Bonchev–Trinajstić information content (AvgIpc) is 3.21. The lowest BCUT2D eigenvalue weighted by molar-refractivity contribution is -0.870. The minimum absolute atomic E-state index is 0.0772. The summed E-state index contributed by atoms with van der Waals surface area (Å²) >= 11 is 0.